The third-order valence-electron chi connectivity index (χ3n) is 2.28. The van der Waals surface area contributed by atoms with Gasteiger partial charge in [-0.1, -0.05) is 19.1 Å². The van der Waals surface area contributed by atoms with E-state index >= 15 is 0 Å². The van der Waals surface area contributed by atoms with Gasteiger partial charge in [0.1, 0.15) is 0 Å². The number of rotatable bonds is 10. The Kier molecular flexibility index (Phi) is 13.4. The van der Waals surface area contributed by atoms with Crippen LogP contribution in [0.5, 0.6) is 0 Å². The molecule has 0 aliphatic carbocycles. The van der Waals surface area contributed by atoms with E-state index in [9.17, 15) is 0 Å². The average Bonchev–Trinajstić information content (AvgIpc) is 2.89. The summed E-state index contributed by atoms with van der Waals surface area (Å²) in [6.45, 7) is 7.50. The van der Waals surface area contributed by atoms with Crippen molar-refractivity contribution in [1.82, 2.24) is 19.9 Å². The number of aliphatic hydroxyl groups is 1. The van der Waals surface area contributed by atoms with Crippen LogP contribution < -0.4 is 5.73 Å². The molecule has 1 heterocycles. The molecule has 20 heavy (non-hydrogen) atoms. The van der Waals surface area contributed by atoms with E-state index in [4.69, 9.17) is 15.7 Å². The molecule has 0 aliphatic rings. The Hall–Kier alpha value is -0.330. The Labute approximate surface area is 133 Å². The van der Waals surface area contributed by atoms with Gasteiger partial charge in [0.25, 0.3) is 0 Å². The van der Waals surface area contributed by atoms with Crippen LogP contribution in [0.15, 0.2) is 6.20 Å². The van der Waals surface area contributed by atoms with E-state index in [1.165, 1.54) is 0 Å². The summed E-state index contributed by atoms with van der Waals surface area (Å²) in [6, 6.07) is 0. The molecule has 0 aliphatic heterocycles. The average molecular weight is 401 g/mol. The van der Waals surface area contributed by atoms with E-state index in [1.54, 1.807) is 27.7 Å². The maximum atomic E-state index is 8.99. The van der Waals surface area contributed by atoms with Crippen LogP contribution in [-0.2, 0) is 21.2 Å². The molecule has 0 aromatic carbocycles. The second-order valence-corrected chi connectivity index (χ2v) is 4.01. The van der Waals surface area contributed by atoms with Gasteiger partial charge >= 0.3 is 0 Å². The first-order valence-electron chi connectivity index (χ1n) is 6.62. The Bertz CT molecular complexity index is 327. The summed E-state index contributed by atoms with van der Waals surface area (Å²) in [4.78, 5) is 6.80. The van der Waals surface area contributed by atoms with Crippen LogP contribution in [0.4, 0.5) is 0 Å². The number of hydrogen-bond donors (Lipinski definition) is 2. The lowest BCUT2D eigenvalue weighted by Gasteiger charge is -2.18. The summed E-state index contributed by atoms with van der Waals surface area (Å²) in [7, 11) is 0. The van der Waals surface area contributed by atoms with Crippen LogP contribution in [0.25, 0.3) is 0 Å². The first-order valence-corrected chi connectivity index (χ1v) is 7.50. The quantitative estimate of drug-likeness (QED) is 0.253. The van der Waals surface area contributed by atoms with Crippen molar-refractivity contribution in [3.05, 3.63) is 11.9 Å². The van der Waals surface area contributed by atoms with Gasteiger partial charge in [-0.15, -0.1) is 5.10 Å². The van der Waals surface area contributed by atoms with Gasteiger partial charge in [-0.3, -0.25) is 9.58 Å². The van der Waals surface area contributed by atoms with E-state index in [1.807, 2.05) is 24.9 Å². The number of halogens is 1. The maximum absolute atomic E-state index is 8.99. The second kappa shape index (κ2) is 13.6. The molecule has 1 rings (SSSR count). The molecule has 8 nitrogen and oxygen atoms in total. The van der Waals surface area contributed by atoms with E-state index in [0.717, 1.165) is 5.69 Å². The van der Waals surface area contributed by atoms with Crippen LogP contribution in [0, 0.1) is 0 Å². The Morgan fingerprint density at radius 3 is 2.80 bits per heavy atom. The molecule has 0 saturated carbocycles. The molecular weight excluding hydrogens is 377 g/mol. The van der Waals surface area contributed by atoms with E-state index in [2.05, 4.69) is 13.5 Å². The van der Waals surface area contributed by atoms with Crippen LogP contribution in [0.1, 0.15) is 19.5 Å². The van der Waals surface area contributed by atoms with Crippen LogP contribution in [0.3, 0.4) is 0 Å². The van der Waals surface area contributed by atoms with Crippen LogP contribution >= 0.6 is 23.0 Å². The van der Waals surface area contributed by atoms with E-state index < -0.39 is 0 Å². The lowest BCUT2D eigenvalue weighted by atomic mass is 10.4. The topological polar surface area (TPSA) is 98.7 Å². The van der Waals surface area contributed by atoms with Crippen molar-refractivity contribution in [3.63, 3.8) is 0 Å². The zero-order chi connectivity index (χ0) is 15.2. The molecule has 0 spiro atoms. The highest BCUT2D eigenvalue weighted by Gasteiger charge is 2.08. The number of hydrogen-bond acceptors (Lipinski definition) is 7. The summed E-state index contributed by atoms with van der Waals surface area (Å²) in [5.74, 6) is 0. The summed E-state index contributed by atoms with van der Waals surface area (Å²) >= 11 is 1.66. The van der Waals surface area contributed by atoms with Gasteiger partial charge in [0.15, 0.2) is 23.0 Å². The molecular formula is C11H24IN5O3. The molecule has 0 atom stereocenters. The zero-order valence-corrected chi connectivity index (χ0v) is 14.2. The molecule has 0 saturated heterocycles. The van der Waals surface area contributed by atoms with Crippen molar-refractivity contribution in [2.75, 3.05) is 32.8 Å². The lowest BCUT2D eigenvalue weighted by Crippen LogP contribution is -2.30. The highest BCUT2D eigenvalue weighted by atomic mass is 127. The number of aliphatic hydroxyl groups excluding tert-OH is 1. The minimum Gasteiger partial charge on any atom is -0.395 e. The standard InChI is InChI=1S/C9H18IN5O3.C2H6/c10-18-17-6-4-14(3-5-16)7-9-8-15(2-1-11)13-12-9;1-2/h8,16H,1-7,11H2;1-2H3. The third-order valence-corrected chi connectivity index (χ3v) is 2.54. The Balaban J connectivity index is 0.00000172. The van der Waals surface area contributed by atoms with Gasteiger partial charge in [-0.05, 0) is 0 Å². The SMILES string of the molecule is CC.NCCn1cc(CN(CCO)CCOOI)nn1. The molecule has 0 bridgehead atoms. The Morgan fingerprint density at radius 2 is 2.20 bits per heavy atom. The molecule has 1 aromatic heterocycles. The molecule has 3 N–H and O–H groups in total. The van der Waals surface area contributed by atoms with Gasteiger partial charge in [0.2, 0.25) is 0 Å². The molecule has 118 valence electrons. The van der Waals surface area contributed by atoms with E-state index in [-0.39, 0.29) is 6.61 Å². The van der Waals surface area contributed by atoms with Gasteiger partial charge in [-0.25, -0.2) is 4.89 Å². The zero-order valence-electron chi connectivity index (χ0n) is 12.0. The summed E-state index contributed by atoms with van der Waals surface area (Å²) < 4.78 is 6.20. The largest absolute Gasteiger partial charge is 0.395 e. The predicted octanol–water partition coefficient (Wildman–Crippen LogP) is 0.356. The summed E-state index contributed by atoms with van der Waals surface area (Å²) in [5, 5.41) is 17.0. The fourth-order valence-corrected chi connectivity index (χ4v) is 1.67. The number of nitrogens with two attached hydrogens (primary N) is 1. The number of nitrogens with zero attached hydrogens (tertiary/aromatic N) is 4. The van der Waals surface area contributed by atoms with Crippen LogP contribution in [-0.4, -0.2) is 57.8 Å². The normalized spacial score (nSPS) is 10.5. The van der Waals surface area contributed by atoms with Crippen molar-refractivity contribution >= 4 is 23.0 Å². The molecule has 0 radical (unpaired) electrons. The van der Waals surface area contributed by atoms with Crippen LogP contribution in [0.2, 0.25) is 0 Å². The third kappa shape index (κ3) is 8.76. The van der Waals surface area contributed by atoms with Gasteiger partial charge < -0.3 is 10.8 Å². The first-order chi connectivity index (χ1) is 9.80. The van der Waals surface area contributed by atoms with E-state index in [0.29, 0.717) is 39.3 Å². The minimum absolute atomic E-state index is 0.0853. The first kappa shape index (κ1) is 19.7. The summed E-state index contributed by atoms with van der Waals surface area (Å²) in [5.41, 5.74) is 6.28. The monoisotopic (exact) mass is 401 g/mol. The highest BCUT2D eigenvalue weighted by Crippen LogP contribution is 2.01. The van der Waals surface area contributed by atoms with Gasteiger partial charge in [-0.2, -0.15) is 3.22 Å². The lowest BCUT2D eigenvalue weighted by molar-refractivity contribution is -0.169. The van der Waals surface area contributed by atoms with Crippen molar-refractivity contribution < 1.29 is 13.2 Å². The van der Waals surface area contributed by atoms with Crippen molar-refractivity contribution in [2.45, 2.75) is 26.9 Å². The van der Waals surface area contributed by atoms with Crippen molar-refractivity contribution in [3.8, 4) is 0 Å². The molecule has 0 unspecified atom stereocenters. The predicted molar refractivity (Wildman–Crippen MR) is 83.8 cm³/mol. The molecule has 0 fully saturated rings. The molecule has 0 amide bonds. The highest BCUT2D eigenvalue weighted by molar-refractivity contribution is 14.1. The van der Waals surface area contributed by atoms with Gasteiger partial charge in [0.05, 0.1) is 25.5 Å². The van der Waals surface area contributed by atoms with Crippen molar-refractivity contribution in [2.24, 2.45) is 5.73 Å². The fourth-order valence-electron chi connectivity index (χ4n) is 1.49. The summed E-state index contributed by atoms with van der Waals surface area (Å²) in [6.07, 6.45) is 1.85. The molecule has 1 aromatic rings. The smallest absolute Gasteiger partial charge is 0.155 e. The minimum atomic E-state index is 0.0853. The van der Waals surface area contributed by atoms with Gasteiger partial charge in [0, 0.05) is 32.4 Å². The maximum Gasteiger partial charge on any atom is 0.155 e. The van der Waals surface area contributed by atoms with Crippen molar-refractivity contribution in [1.29, 1.82) is 0 Å². The Morgan fingerprint density at radius 1 is 1.45 bits per heavy atom. The molecule has 9 heteroatoms. The second-order valence-electron chi connectivity index (χ2n) is 3.65. The fraction of sp³-hybridized carbons (Fsp3) is 0.818. The number of aromatic nitrogens is 3.